The van der Waals surface area contributed by atoms with Gasteiger partial charge in [-0.3, -0.25) is 4.79 Å². The van der Waals surface area contributed by atoms with Crippen molar-refractivity contribution in [2.45, 2.75) is 13.0 Å². The van der Waals surface area contributed by atoms with Gasteiger partial charge >= 0.3 is 5.97 Å². The number of carboxylic acids is 1. The highest BCUT2D eigenvalue weighted by atomic mass is 16.5. The van der Waals surface area contributed by atoms with Gasteiger partial charge in [-0.25, -0.2) is 4.79 Å². The molecule has 0 saturated heterocycles. The maximum Gasteiger partial charge on any atom is 0.328 e. The van der Waals surface area contributed by atoms with Crippen LogP contribution >= 0.6 is 0 Å². The van der Waals surface area contributed by atoms with E-state index in [1.54, 1.807) is 25.3 Å². The molecule has 0 spiro atoms. The summed E-state index contributed by atoms with van der Waals surface area (Å²) < 4.78 is 10.2. The van der Waals surface area contributed by atoms with E-state index in [9.17, 15) is 9.59 Å². The van der Waals surface area contributed by atoms with Gasteiger partial charge in [0, 0.05) is 30.9 Å². The third-order valence-electron chi connectivity index (χ3n) is 2.85. The molecule has 0 aromatic heterocycles. The molecule has 1 amide bonds. The standard InChI is InChI=1S/C15H19NO5/c1-10(20-2)9-16-15(19)12-4-6-13(21-3)11(8-12)5-7-14(17)18/h4-8,10H,9H2,1-3H3,(H,16,19)(H,17,18)/b7-5+. The van der Waals surface area contributed by atoms with Gasteiger partial charge in [0.05, 0.1) is 13.2 Å². The smallest absolute Gasteiger partial charge is 0.328 e. The van der Waals surface area contributed by atoms with Crippen molar-refractivity contribution in [2.24, 2.45) is 0 Å². The molecule has 0 radical (unpaired) electrons. The Morgan fingerprint density at radius 1 is 1.38 bits per heavy atom. The lowest BCUT2D eigenvalue weighted by molar-refractivity contribution is -0.131. The van der Waals surface area contributed by atoms with Gasteiger partial charge in [-0.15, -0.1) is 0 Å². The van der Waals surface area contributed by atoms with Crippen LogP contribution in [-0.4, -0.2) is 43.9 Å². The minimum atomic E-state index is -1.07. The normalized spacial score (nSPS) is 12.1. The summed E-state index contributed by atoms with van der Waals surface area (Å²) in [5.41, 5.74) is 0.941. The zero-order valence-corrected chi connectivity index (χ0v) is 12.3. The van der Waals surface area contributed by atoms with Crippen molar-refractivity contribution in [3.8, 4) is 5.75 Å². The van der Waals surface area contributed by atoms with Crippen LogP contribution in [0.3, 0.4) is 0 Å². The van der Waals surface area contributed by atoms with E-state index in [-0.39, 0.29) is 12.0 Å². The zero-order valence-electron chi connectivity index (χ0n) is 12.3. The van der Waals surface area contributed by atoms with Gasteiger partial charge in [-0.1, -0.05) is 0 Å². The Balaban J connectivity index is 2.91. The molecule has 0 heterocycles. The Hall–Kier alpha value is -2.34. The minimum absolute atomic E-state index is 0.0847. The fourth-order valence-electron chi connectivity index (χ4n) is 1.59. The number of carbonyl (C=O) groups excluding carboxylic acids is 1. The highest BCUT2D eigenvalue weighted by Gasteiger charge is 2.10. The zero-order chi connectivity index (χ0) is 15.8. The Morgan fingerprint density at radius 3 is 2.67 bits per heavy atom. The molecule has 0 aliphatic heterocycles. The lowest BCUT2D eigenvalue weighted by Crippen LogP contribution is -2.31. The molecule has 0 fully saturated rings. The number of nitrogens with one attached hydrogen (secondary N) is 1. The molecule has 2 N–H and O–H groups in total. The quantitative estimate of drug-likeness (QED) is 0.745. The second-order valence-corrected chi connectivity index (χ2v) is 4.38. The monoisotopic (exact) mass is 293 g/mol. The van der Waals surface area contributed by atoms with E-state index < -0.39 is 5.97 Å². The number of rotatable bonds is 7. The van der Waals surface area contributed by atoms with Crippen molar-refractivity contribution in [2.75, 3.05) is 20.8 Å². The summed E-state index contributed by atoms with van der Waals surface area (Å²) in [7, 11) is 3.05. The maximum atomic E-state index is 12.0. The fourth-order valence-corrected chi connectivity index (χ4v) is 1.59. The highest BCUT2D eigenvalue weighted by Crippen LogP contribution is 2.21. The van der Waals surface area contributed by atoms with Gasteiger partial charge in [-0.2, -0.15) is 0 Å². The molecule has 1 aromatic rings. The predicted molar refractivity (Wildman–Crippen MR) is 78.5 cm³/mol. The summed E-state index contributed by atoms with van der Waals surface area (Å²) in [5, 5.41) is 11.4. The number of ether oxygens (including phenoxy) is 2. The van der Waals surface area contributed by atoms with Crippen LogP contribution in [0.15, 0.2) is 24.3 Å². The number of hydrogen-bond donors (Lipinski definition) is 2. The molecule has 1 aromatic carbocycles. The molecule has 21 heavy (non-hydrogen) atoms. The molecule has 0 bridgehead atoms. The van der Waals surface area contributed by atoms with Gasteiger partial charge in [-0.05, 0) is 31.2 Å². The van der Waals surface area contributed by atoms with Crippen molar-refractivity contribution in [1.82, 2.24) is 5.32 Å². The van der Waals surface area contributed by atoms with Crippen molar-refractivity contribution < 1.29 is 24.2 Å². The summed E-state index contributed by atoms with van der Waals surface area (Å²) in [4.78, 5) is 22.6. The number of methoxy groups -OCH3 is 2. The highest BCUT2D eigenvalue weighted by molar-refractivity contribution is 5.95. The van der Waals surface area contributed by atoms with Crippen LogP contribution in [0, 0.1) is 0 Å². The van der Waals surface area contributed by atoms with Crippen molar-refractivity contribution in [3.05, 3.63) is 35.4 Å². The van der Waals surface area contributed by atoms with Crippen LogP contribution in [0.5, 0.6) is 5.75 Å². The van der Waals surface area contributed by atoms with E-state index in [2.05, 4.69) is 5.32 Å². The first-order valence-corrected chi connectivity index (χ1v) is 6.38. The Labute approximate surface area is 123 Å². The van der Waals surface area contributed by atoms with Crippen molar-refractivity contribution in [3.63, 3.8) is 0 Å². The molecule has 0 aliphatic carbocycles. The molecule has 1 unspecified atom stereocenters. The second-order valence-electron chi connectivity index (χ2n) is 4.38. The molecular formula is C15H19NO5. The average Bonchev–Trinajstić information content (AvgIpc) is 2.49. The first-order valence-electron chi connectivity index (χ1n) is 6.38. The number of aliphatic carboxylic acids is 1. The summed E-state index contributed by atoms with van der Waals surface area (Å²) in [5.74, 6) is -0.832. The van der Waals surface area contributed by atoms with E-state index in [1.807, 2.05) is 6.92 Å². The SMILES string of the molecule is COc1ccc(C(=O)NCC(C)OC)cc1/C=C/C(=O)O. The van der Waals surface area contributed by atoms with Crippen LogP contribution < -0.4 is 10.1 Å². The fraction of sp³-hybridized carbons (Fsp3) is 0.333. The number of benzene rings is 1. The van der Waals surface area contributed by atoms with Gasteiger partial charge in [0.15, 0.2) is 0 Å². The van der Waals surface area contributed by atoms with Gasteiger partial charge < -0.3 is 19.9 Å². The maximum absolute atomic E-state index is 12.0. The van der Waals surface area contributed by atoms with Crippen LogP contribution in [-0.2, 0) is 9.53 Å². The Bertz CT molecular complexity index is 539. The van der Waals surface area contributed by atoms with E-state index in [1.165, 1.54) is 13.2 Å². The Morgan fingerprint density at radius 2 is 2.10 bits per heavy atom. The summed E-state index contributed by atoms with van der Waals surface area (Å²) >= 11 is 0. The molecule has 1 atom stereocenters. The lowest BCUT2D eigenvalue weighted by atomic mass is 10.1. The summed E-state index contributed by atoms with van der Waals surface area (Å²) in [6.07, 6.45) is 2.29. The number of carbonyl (C=O) groups is 2. The third kappa shape index (κ3) is 5.27. The van der Waals surface area contributed by atoms with E-state index in [4.69, 9.17) is 14.6 Å². The average molecular weight is 293 g/mol. The van der Waals surface area contributed by atoms with Gasteiger partial charge in [0.2, 0.25) is 0 Å². The second kappa shape index (κ2) is 8.06. The van der Waals surface area contributed by atoms with E-state index in [0.717, 1.165) is 6.08 Å². The lowest BCUT2D eigenvalue weighted by Gasteiger charge is -2.12. The Kier molecular flexibility index (Phi) is 6.42. The minimum Gasteiger partial charge on any atom is -0.496 e. The van der Waals surface area contributed by atoms with Gasteiger partial charge in [0.25, 0.3) is 5.91 Å². The number of hydrogen-bond acceptors (Lipinski definition) is 4. The van der Waals surface area contributed by atoms with Crippen molar-refractivity contribution in [1.29, 1.82) is 0 Å². The first kappa shape index (κ1) is 16.7. The molecule has 0 saturated carbocycles. The van der Waals surface area contributed by atoms with Crippen LogP contribution in [0.2, 0.25) is 0 Å². The number of carboxylic acid groups (broad SMARTS) is 1. The summed E-state index contributed by atoms with van der Waals surface area (Å²) in [6, 6.07) is 4.81. The molecule has 1 rings (SSSR count). The molecule has 6 heteroatoms. The molecule has 114 valence electrons. The van der Waals surface area contributed by atoms with E-state index in [0.29, 0.717) is 23.4 Å². The molecule has 0 aliphatic rings. The van der Waals surface area contributed by atoms with Gasteiger partial charge in [0.1, 0.15) is 5.75 Å². The first-order chi connectivity index (χ1) is 9.97. The topological polar surface area (TPSA) is 84.9 Å². The molecule has 6 nitrogen and oxygen atoms in total. The molecular weight excluding hydrogens is 274 g/mol. The summed E-state index contributed by atoms with van der Waals surface area (Å²) in [6.45, 7) is 2.23. The number of amides is 1. The van der Waals surface area contributed by atoms with Crippen LogP contribution in [0.1, 0.15) is 22.8 Å². The van der Waals surface area contributed by atoms with Crippen LogP contribution in [0.4, 0.5) is 0 Å². The predicted octanol–water partition coefficient (Wildman–Crippen LogP) is 1.56. The largest absolute Gasteiger partial charge is 0.496 e. The van der Waals surface area contributed by atoms with Crippen LogP contribution in [0.25, 0.3) is 6.08 Å². The van der Waals surface area contributed by atoms with E-state index >= 15 is 0 Å². The van der Waals surface area contributed by atoms with Crippen molar-refractivity contribution >= 4 is 18.0 Å². The third-order valence-corrected chi connectivity index (χ3v) is 2.85.